The maximum absolute atomic E-state index is 12.8. The van der Waals surface area contributed by atoms with Gasteiger partial charge in [-0.25, -0.2) is 15.0 Å². The fourth-order valence-electron chi connectivity index (χ4n) is 1.79. The van der Waals surface area contributed by atoms with Gasteiger partial charge in [0.2, 0.25) is 0 Å². The summed E-state index contributed by atoms with van der Waals surface area (Å²) >= 11 is 5.57. The number of fused-ring (bicyclic) bond motifs is 1. The molecular formula is C12H6ClF3N4. The Morgan fingerprint density at radius 2 is 2.00 bits per heavy atom. The molecular weight excluding hydrogens is 293 g/mol. The van der Waals surface area contributed by atoms with E-state index < -0.39 is 11.7 Å². The van der Waals surface area contributed by atoms with Crippen molar-refractivity contribution in [1.82, 2.24) is 19.9 Å². The first-order valence-electron chi connectivity index (χ1n) is 5.48. The zero-order valence-corrected chi connectivity index (χ0v) is 10.5. The first-order chi connectivity index (χ1) is 9.45. The van der Waals surface area contributed by atoms with E-state index in [1.54, 1.807) is 0 Å². The molecule has 0 aliphatic heterocycles. The molecule has 4 nitrogen and oxygen atoms in total. The van der Waals surface area contributed by atoms with Crippen LogP contribution >= 0.6 is 11.6 Å². The second-order valence-electron chi connectivity index (χ2n) is 4.04. The molecule has 3 aromatic rings. The van der Waals surface area contributed by atoms with Crippen molar-refractivity contribution in [2.75, 3.05) is 0 Å². The summed E-state index contributed by atoms with van der Waals surface area (Å²) in [6.07, 6.45) is -1.70. The Balaban J connectivity index is 2.14. The molecule has 0 spiro atoms. The zero-order valence-electron chi connectivity index (χ0n) is 9.74. The minimum atomic E-state index is -4.51. The maximum atomic E-state index is 12.8. The third kappa shape index (κ3) is 2.20. The van der Waals surface area contributed by atoms with E-state index in [1.165, 1.54) is 24.7 Å². The standard InChI is InChI=1S/C12H6ClF3N4/c13-8-2-1-6(3-7(8)12(14,15)16)10-19-9-4-17-5-18-11(9)20-10/h1-5H,(H,17,18,19,20). The van der Waals surface area contributed by atoms with E-state index in [0.29, 0.717) is 11.2 Å². The Morgan fingerprint density at radius 1 is 1.20 bits per heavy atom. The summed E-state index contributed by atoms with van der Waals surface area (Å²) in [5.74, 6) is 0.280. The first-order valence-corrected chi connectivity index (χ1v) is 5.86. The number of benzene rings is 1. The van der Waals surface area contributed by atoms with Gasteiger partial charge in [0, 0.05) is 5.56 Å². The minimum Gasteiger partial charge on any atom is -0.335 e. The van der Waals surface area contributed by atoms with Gasteiger partial charge in [-0.15, -0.1) is 0 Å². The lowest BCUT2D eigenvalue weighted by molar-refractivity contribution is -0.137. The topological polar surface area (TPSA) is 54.5 Å². The fourth-order valence-corrected chi connectivity index (χ4v) is 2.01. The summed E-state index contributed by atoms with van der Waals surface area (Å²) in [7, 11) is 0. The number of aromatic amines is 1. The molecule has 2 aromatic heterocycles. The summed E-state index contributed by atoms with van der Waals surface area (Å²) < 4.78 is 38.4. The monoisotopic (exact) mass is 298 g/mol. The lowest BCUT2D eigenvalue weighted by Crippen LogP contribution is -2.06. The van der Waals surface area contributed by atoms with Crippen molar-refractivity contribution in [2.24, 2.45) is 0 Å². The fraction of sp³-hybridized carbons (Fsp3) is 0.0833. The van der Waals surface area contributed by atoms with Gasteiger partial charge in [0.1, 0.15) is 17.7 Å². The van der Waals surface area contributed by atoms with Crippen molar-refractivity contribution >= 4 is 22.8 Å². The van der Waals surface area contributed by atoms with Crippen LogP contribution in [0, 0.1) is 0 Å². The number of nitrogens with zero attached hydrogens (tertiary/aromatic N) is 3. The first kappa shape index (κ1) is 12.9. The third-order valence-electron chi connectivity index (χ3n) is 2.71. The number of rotatable bonds is 1. The van der Waals surface area contributed by atoms with Gasteiger partial charge in [-0.1, -0.05) is 11.6 Å². The van der Waals surface area contributed by atoms with E-state index in [9.17, 15) is 13.2 Å². The van der Waals surface area contributed by atoms with Crippen molar-refractivity contribution in [3.05, 3.63) is 41.3 Å². The van der Waals surface area contributed by atoms with Gasteiger partial charge in [0.05, 0.1) is 16.8 Å². The van der Waals surface area contributed by atoms with Crippen molar-refractivity contribution in [3.8, 4) is 11.4 Å². The van der Waals surface area contributed by atoms with Crippen molar-refractivity contribution in [3.63, 3.8) is 0 Å². The quantitative estimate of drug-likeness (QED) is 0.745. The molecule has 102 valence electrons. The molecule has 8 heteroatoms. The molecule has 0 saturated carbocycles. The van der Waals surface area contributed by atoms with Crippen LogP contribution in [0.15, 0.2) is 30.7 Å². The highest BCUT2D eigenvalue weighted by Gasteiger charge is 2.33. The highest BCUT2D eigenvalue weighted by atomic mass is 35.5. The van der Waals surface area contributed by atoms with Gasteiger partial charge in [0.15, 0.2) is 5.65 Å². The molecule has 0 aliphatic rings. The number of imidazole rings is 1. The summed E-state index contributed by atoms with van der Waals surface area (Å²) in [5.41, 5.74) is 0.312. The van der Waals surface area contributed by atoms with Crippen molar-refractivity contribution < 1.29 is 13.2 Å². The van der Waals surface area contributed by atoms with Crippen LogP contribution < -0.4 is 0 Å². The van der Waals surface area contributed by atoms with Crippen LogP contribution in [0.1, 0.15) is 5.56 Å². The number of halogens is 4. The van der Waals surface area contributed by atoms with Crippen molar-refractivity contribution in [2.45, 2.75) is 6.18 Å². The summed E-state index contributed by atoms with van der Waals surface area (Å²) in [4.78, 5) is 14.7. The Bertz CT molecular complexity index is 749. The van der Waals surface area contributed by atoms with Gasteiger partial charge in [-0.05, 0) is 18.2 Å². The molecule has 0 bridgehead atoms. The largest absolute Gasteiger partial charge is 0.417 e. The number of hydrogen-bond acceptors (Lipinski definition) is 3. The van der Waals surface area contributed by atoms with Crippen LogP contribution in [0.5, 0.6) is 0 Å². The van der Waals surface area contributed by atoms with Gasteiger partial charge >= 0.3 is 6.18 Å². The Labute approximate surface area is 115 Å². The van der Waals surface area contributed by atoms with E-state index in [1.807, 2.05) is 0 Å². The number of H-pyrrole nitrogens is 1. The highest BCUT2D eigenvalue weighted by molar-refractivity contribution is 6.31. The SMILES string of the molecule is FC(F)(F)c1cc(-c2nc3ncncc3[nH]2)ccc1Cl. The van der Waals surface area contributed by atoms with Crippen LogP contribution in [0.3, 0.4) is 0 Å². The summed E-state index contributed by atoms with van der Waals surface area (Å²) in [6, 6.07) is 3.61. The van der Waals surface area contributed by atoms with E-state index in [-0.39, 0.29) is 16.4 Å². The molecule has 2 heterocycles. The zero-order chi connectivity index (χ0) is 14.3. The molecule has 1 N–H and O–H groups in total. The molecule has 0 unspecified atom stereocenters. The Hall–Kier alpha value is -2.15. The lowest BCUT2D eigenvalue weighted by Gasteiger charge is -2.09. The van der Waals surface area contributed by atoms with E-state index in [4.69, 9.17) is 11.6 Å². The number of alkyl halides is 3. The molecule has 0 aliphatic carbocycles. The molecule has 0 fully saturated rings. The average molecular weight is 299 g/mol. The van der Waals surface area contributed by atoms with Crippen LogP contribution in [-0.2, 0) is 6.18 Å². The van der Waals surface area contributed by atoms with Crippen LogP contribution in [-0.4, -0.2) is 19.9 Å². The van der Waals surface area contributed by atoms with Gasteiger partial charge < -0.3 is 4.98 Å². The molecule has 1 aromatic carbocycles. The second kappa shape index (κ2) is 4.45. The molecule has 0 saturated heterocycles. The molecule has 3 rings (SSSR count). The maximum Gasteiger partial charge on any atom is 0.417 e. The second-order valence-corrected chi connectivity index (χ2v) is 4.45. The minimum absolute atomic E-state index is 0.278. The highest BCUT2D eigenvalue weighted by Crippen LogP contribution is 2.36. The molecule has 0 atom stereocenters. The van der Waals surface area contributed by atoms with E-state index in [2.05, 4.69) is 19.9 Å². The predicted octanol–water partition coefficient (Wildman–Crippen LogP) is 3.69. The summed E-state index contributed by atoms with van der Waals surface area (Å²) in [5, 5.41) is -0.350. The Morgan fingerprint density at radius 3 is 2.70 bits per heavy atom. The average Bonchev–Trinajstić information content (AvgIpc) is 2.81. The smallest absolute Gasteiger partial charge is 0.335 e. The molecule has 0 radical (unpaired) electrons. The normalized spacial score (nSPS) is 12.0. The Kier molecular flexibility index (Phi) is 2.86. The lowest BCUT2D eigenvalue weighted by atomic mass is 10.1. The van der Waals surface area contributed by atoms with Gasteiger partial charge in [-0.3, -0.25) is 0 Å². The van der Waals surface area contributed by atoms with Gasteiger partial charge in [-0.2, -0.15) is 13.2 Å². The van der Waals surface area contributed by atoms with Gasteiger partial charge in [0.25, 0.3) is 0 Å². The number of aromatic nitrogens is 4. The van der Waals surface area contributed by atoms with Crippen LogP contribution in [0.4, 0.5) is 13.2 Å². The molecule has 20 heavy (non-hydrogen) atoms. The molecule has 0 amide bonds. The van der Waals surface area contributed by atoms with E-state index in [0.717, 1.165) is 6.07 Å². The predicted molar refractivity (Wildman–Crippen MR) is 67.1 cm³/mol. The summed E-state index contributed by atoms with van der Waals surface area (Å²) in [6.45, 7) is 0. The third-order valence-corrected chi connectivity index (χ3v) is 3.04. The number of nitrogens with one attached hydrogen (secondary N) is 1. The van der Waals surface area contributed by atoms with E-state index >= 15 is 0 Å². The van der Waals surface area contributed by atoms with Crippen LogP contribution in [0.2, 0.25) is 5.02 Å². The van der Waals surface area contributed by atoms with Crippen LogP contribution in [0.25, 0.3) is 22.6 Å². The van der Waals surface area contributed by atoms with Crippen molar-refractivity contribution in [1.29, 1.82) is 0 Å². The number of hydrogen-bond donors (Lipinski definition) is 1.